The van der Waals surface area contributed by atoms with Gasteiger partial charge in [0, 0.05) is 23.8 Å². The van der Waals surface area contributed by atoms with E-state index in [1.165, 1.54) is 24.4 Å². The first kappa shape index (κ1) is 30.7. The zero-order valence-electron chi connectivity index (χ0n) is 24.2. The molecule has 0 bridgehead atoms. The number of nitrogens with one attached hydrogen (secondary N) is 1. The highest BCUT2D eigenvalue weighted by Gasteiger charge is 2.34. The van der Waals surface area contributed by atoms with E-state index < -0.39 is 23.5 Å². The fourth-order valence-corrected chi connectivity index (χ4v) is 5.36. The van der Waals surface area contributed by atoms with Crippen LogP contribution in [0.25, 0.3) is 22.0 Å². The highest BCUT2D eigenvalue weighted by molar-refractivity contribution is 5.98. The molecule has 0 saturated carbocycles. The van der Waals surface area contributed by atoms with Gasteiger partial charge in [-0.15, -0.1) is 0 Å². The molecule has 9 heteroatoms. The summed E-state index contributed by atoms with van der Waals surface area (Å²) in [6.45, 7) is 0.357. The minimum atomic E-state index is -4.56. The van der Waals surface area contributed by atoms with E-state index in [0.717, 1.165) is 46.1 Å². The van der Waals surface area contributed by atoms with Gasteiger partial charge in [0.05, 0.1) is 16.6 Å². The molecule has 0 amide bonds. The largest absolute Gasteiger partial charge is 0.457 e. The van der Waals surface area contributed by atoms with Crippen LogP contribution in [0.15, 0.2) is 128 Å². The number of benzene rings is 5. The van der Waals surface area contributed by atoms with E-state index in [1.54, 1.807) is 24.3 Å². The van der Waals surface area contributed by atoms with Gasteiger partial charge in [0.25, 0.3) is 0 Å². The molecule has 3 nitrogen and oxygen atoms in total. The molecular formula is C37H26F6N2O. The van der Waals surface area contributed by atoms with E-state index in [2.05, 4.69) is 10.3 Å². The Hall–Kier alpha value is -5.31. The number of aromatic nitrogens is 1. The molecule has 0 radical (unpaired) electrons. The fraction of sp³-hybridized carbons (Fsp3) is 0.108. The van der Waals surface area contributed by atoms with Gasteiger partial charge >= 0.3 is 12.4 Å². The van der Waals surface area contributed by atoms with Crippen LogP contribution >= 0.6 is 0 Å². The van der Waals surface area contributed by atoms with Crippen molar-refractivity contribution < 1.29 is 31.1 Å². The number of para-hydroxylation sites is 1. The van der Waals surface area contributed by atoms with Crippen molar-refractivity contribution in [2.75, 3.05) is 5.32 Å². The first-order valence-electron chi connectivity index (χ1n) is 14.3. The number of anilines is 1. The highest BCUT2D eigenvalue weighted by atomic mass is 19.4. The van der Waals surface area contributed by atoms with Crippen molar-refractivity contribution in [3.8, 4) is 22.6 Å². The summed E-state index contributed by atoms with van der Waals surface area (Å²) in [5.41, 5.74) is 3.01. The molecule has 0 aliphatic carbocycles. The van der Waals surface area contributed by atoms with Crippen LogP contribution in [0.5, 0.6) is 11.5 Å². The Morgan fingerprint density at radius 1 is 0.630 bits per heavy atom. The Labute approximate surface area is 261 Å². The quantitative estimate of drug-likeness (QED) is 0.170. The van der Waals surface area contributed by atoms with Gasteiger partial charge < -0.3 is 10.1 Å². The van der Waals surface area contributed by atoms with Gasteiger partial charge in [0.2, 0.25) is 0 Å². The lowest BCUT2D eigenvalue weighted by atomic mass is 9.91. The van der Waals surface area contributed by atoms with Gasteiger partial charge in [-0.3, -0.25) is 4.98 Å². The SMILES string of the molecule is FC(F)(F)c1cccc(Oc2cccc(CNc3cccc(-c4c(Cc5ccccc5)cnc5c(C(F)(F)F)cccc45)c3)c2)c1. The van der Waals surface area contributed by atoms with E-state index >= 15 is 0 Å². The molecule has 0 aliphatic rings. The van der Waals surface area contributed by atoms with Crippen LogP contribution in [0.4, 0.5) is 32.0 Å². The van der Waals surface area contributed by atoms with Crippen LogP contribution in [0.1, 0.15) is 27.8 Å². The van der Waals surface area contributed by atoms with E-state index in [-0.39, 0.29) is 11.3 Å². The number of nitrogens with zero attached hydrogens (tertiary/aromatic N) is 1. The second-order valence-corrected chi connectivity index (χ2v) is 10.7. The predicted octanol–water partition coefficient (Wildman–Crippen LogP) is 10.9. The van der Waals surface area contributed by atoms with Crippen LogP contribution < -0.4 is 10.1 Å². The van der Waals surface area contributed by atoms with Crippen molar-refractivity contribution in [3.63, 3.8) is 0 Å². The maximum atomic E-state index is 13.9. The van der Waals surface area contributed by atoms with E-state index in [0.29, 0.717) is 29.7 Å². The number of hydrogen-bond donors (Lipinski definition) is 1. The summed E-state index contributed by atoms with van der Waals surface area (Å²) in [4.78, 5) is 4.28. The van der Waals surface area contributed by atoms with Crippen molar-refractivity contribution >= 4 is 16.6 Å². The number of halogens is 6. The second-order valence-electron chi connectivity index (χ2n) is 10.7. The van der Waals surface area contributed by atoms with E-state index in [9.17, 15) is 26.3 Å². The minimum Gasteiger partial charge on any atom is -0.457 e. The number of hydrogen-bond acceptors (Lipinski definition) is 3. The number of rotatable bonds is 8. The lowest BCUT2D eigenvalue weighted by Gasteiger charge is -2.17. The molecule has 0 saturated heterocycles. The lowest BCUT2D eigenvalue weighted by Crippen LogP contribution is -2.07. The third kappa shape index (κ3) is 6.99. The molecule has 1 N–H and O–H groups in total. The third-order valence-corrected chi connectivity index (χ3v) is 7.46. The highest BCUT2D eigenvalue weighted by Crippen LogP contribution is 2.40. The molecule has 0 unspecified atom stereocenters. The third-order valence-electron chi connectivity index (χ3n) is 7.46. The second kappa shape index (κ2) is 12.6. The van der Waals surface area contributed by atoms with Crippen LogP contribution in [-0.4, -0.2) is 4.98 Å². The predicted molar refractivity (Wildman–Crippen MR) is 167 cm³/mol. The van der Waals surface area contributed by atoms with Crippen LogP contribution in [0.3, 0.4) is 0 Å². The molecule has 0 atom stereocenters. The molecule has 1 heterocycles. The van der Waals surface area contributed by atoms with Gasteiger partial charge in [-0.25, -0.2) is 0 Å². The summed E-state index contributed by atoms with van der Waals surface area (Å²) < 4.78 is 86.9. The molecule has 232 valence electrons. The van der Waals surface area contributed by atoms with Gasteiger partial charge in [-0.1, -0.05) is 72.8 Å². The van der Waals surface area contributed by atoms with Crippen molar-refractivity contribution in [2.45, 2.75) is 25.3 Å². The minimum absolute atomic E-state index is 0.0669. The molecule has 0 fully saturated rings. The number of alkyl halides is 6. The van der Waals surface area contributed by atoms with E-state index in [1.807, 2.05) is 60.7 Å². The normalized spacial score (nSPS) is 11.9. The van der Waals surface area contributed by atoms with Gasteiger partial charge in [-0.05, 0) is 82.8 Å². The summed E-state index contributed by atoms with van der Waals surface area (Å²) in [5.74, 6) is 0.443. The summed E-state index contributed by atoms with van der Waals surface area (Å²) in [6, 6.07) is 32.8. The lowest BCUT2D eigenvalue weighted by molar-refractivity contribution is -0.138. The van der Waals surface area contributed by atoms with Crippen molar-refractivity contribution in [2.24, 2.45) is 0 Å². The molecule has 1 aromatic heterocycles. The molecule has 46 heavy (non-hydrogen) atoms. The van der Waals surface area contributed by atoms with Crippen LogP contribution in [0, 0.1) is 0 Å². The number of fused-ring (bicyclic) bond motifs is 1. The first-order chi connectivity index (χ1) is 22.0. The molecule has 0 aliphatic heterocycles. The first-order valence-corrected chi connectivity index (χ1v) is 14.3. The monoisotopic (exact) mass is 628 g/mol. The smallest absolute Gasteiger partial charge is 0.418 e. The maximum Gasteiger partial charge on any atom is 0.418 e. The molecule has 6 aromatic rings. The maximum absolute atomic E-state index is 13.9. The standard InChI is InChI=1S/C37H26F6N2O/c38-36(39,40)28-12-6-15-31(21-28)46-30-14-4-10-25(19-30)22-44-29-13-5-11-26(20-29)34-27(18-24-8-2-1-3-9-24)23-45-35-32(34)16-7-17-33(35)37(41,42)43/h1-17,19-21,23,44H,18,22H2. The van der Waals surface area contributed by atoms with Gasteiger partial charge in [0.1, 0.15) is 11.5 Å². The average Bonchev–Trinajstić information content (AvgIpc) is 3.03. The van der Waals surface area contributed by atoms with Gasteiger partial charge in [0.15, 0.2) is 0 Å². The van der Waals surface area contributed by atoms with Crippen molar-refractivity contribution in [1.82, 2.24) is 4.98 Å². The van der Waals surface area contributed by atoms with E-state index in [4.69, 9.17) is 4.74 Å². The molecule has 5 aromatic carbocycles. The van der Waals surface area contributed by atoms with Gasteiger partial charge in [-0.2, -0.15) is 26.3 Å². The molecule has 0 spiro atoms. The van der Waals surface area contributed by atoms with Crippen molar-refractivity contribution in [3.05, 3.63) is 155 Å². The van der Waals surface area contributed by atoms with Crippen molar-refractivity contribution in [1.29, 1.82) is 0 Å². The Balaban J connectivity index is 1.29. The van der Waals surface area contributed by atoms with Crippen LogP contribution in [-0.2, 0) is 25.3 Å². The number of ether oxygens (including phenoxy) is 1. The Bertz CT molecular complexity index is 1990. The average molecular weight is 629 g/mol. The fourth-order valence-electron chi connectivity index (χ4n) is 5.36. The topological polar surface area (TPSA) is 34.1 Å². The summed E-state index contributed by atoms with van der Waals surface area (Å²) in [7, 11) is 0. The Kier molecular flexibility index (Phi) is 8.41. The zero-order chi connectivity index (χ0) is 32.3. The summed E-state index contributed by atoms with van der Waals surface area (Å²) >= 11 is 0. The Morgan fingerprint density at radius 2 is 1.33 bits per heavy atom. The van der Waals surface area contributed by atoms with Crippen LogP contribution in [0.2, 0.25) is 0 Å². The molecular weight excluding hydrogens is 602 g/mol. The zero-order valence-corrected chi connectivity index (χ0v) is 24.2. The summed E-state index contributed by atoms with van der Waals surface area (Å²) in [5, 5.41) is 3.75. The summed E-state index contributed by atoms with van der Waals surface area (Å²) in [6.07, 6.45) is -7.04. The molecule has 6 rings (SSSR count). The number of pyridine rings is 1. The Morgan fingerprint density at radius 3 is 2.09 bits per heavy atom.